The van der Waals surface area contributed by atoms with E-state index in [2.05, 4.69) is 0 Å². The van der Waals surface area contributed by atoms with Crippen LogP contribution < -0.4 is 4.74 Å². The van der Waals surface area contributed by atoms with Crippen LogP contribution in [0.3, 0.4) is 0 Å². The highest BCUT2D eigenvalue weighted by molar-refractivity contribution is 5.78. The van der Waals surface area contributed by atoms with E-state index >= 15 is 0 Å². The van der Waals surface area contributed by atoms with Crippen molar-refractivity contribution >= 4 is 17.9 Å². The predicted octanol–water partition coefficient (Wildman–Crippen LogP) is 1.40. The van der Waals surface area contributed by atoms with Crippen LogP contribution in [-0.2, 0) is 4.79 Å². The number of rotatable bonds is 5. The van der Waals surface area contributed by atoms with Gasteiger partial charge in [-0.05, 0) is 19.1 Å². The lowest BCUT2D eigenvalue weighted by Gasteiger charge is -2.11. The van der Waals surface area contributed by atoms with Gasteiger partial charge in [0.2, 0.25) is 11.6 Å². The third-order valence-electron chi connectivity index (χ3n) is 2.07. The van der Waals surface area contributed by atoms with E-state index in [1.54, 1.807) is 0 Å². The van der Waals surface area contributed by atoms with Crippen LogP contribution >= 0.6 is 0 Å². The first-order valence-electron chi connectivity index (χ1n) is 4.70. The summed E-state index contributed by atoms with van der Waals surface area (Å²) in [5.41, 5.74) is -1.57. The van der Waals surface area contributed by atoms with Crippen molar-refractivity contribution < 1.29 is 28.7 Å². The molecule has 8 heteroatoms. The van der Waals surface area contributed by atoms with Gasteiger partial charge in [-0.1, -0.05) is 0 Å². The van der Waals surface area contributed by atoms with Crippen molar-refractivity contribution in [3.8, 4) is 5.75 Å². The van der Waals surface area contributed by atoms with Crippen LogP contribution in [0.25, 0.3) is 0 Å². The lowest BCUT2D eigenvalue weighted by Crippen LogP contribution is -2.23. The van der Waals surface area contributed by atoms with E-state index in [0.717, 1.165) is 19.1 Å². The number of hydrogen-bond acceptors (Lipinski definition) is 5. The summed E-state index contributed by atoms with van der Waals surface area (Å²) in [4.78, 5) is 30.6. The van der Waals surface area contributed by atoms with Crippen LogP contribution in [0.1, 0.15) is 17.3 Å². The first-order chi connectivity index (χ1) is 8.38. The number of ether oxygens (including phenoxy) is 1. The minimum Gasteiger partial charge on any atom is -0.479 e. The number of carboxylic acids is 1. The van der Waals surface area contributed by atoms with Crippen LogP contribution in [0.4, 0.5) is 10.1 Å². The molecule has 0 aromatic heterocycles. The average Bonchev–Trinajstić information content (AvgIpc) is 2.28. The molecule has 0 aliphatic heterocycles. The van der Waals surface area contributed by atoms with Crippen LogP contribution in [0.15, 0.2) is 12.1 Å². The standard InChI is InChI=1S/C10H8FNO6/c1-5(10(14)15)18-7-3-2-6(4-13)8(11)9(7)12(16)17/h2-5H,1H3,(H,14,15). The van der Waals surface area contributed by atoms with Crippen molar-refractivity contribution in [1.82, 2.24) is 0 Å². The first-order valence-corrected chi connectivity index (χ1v) is 4.70. The molecule has 1 atom stereocenters. The Hall–Kier alpha value is -2.51. The number of carbonyl (C=O) groups excluding carboxylic acids is 1. The fourth-order valence-corrected chi connectivity index (χ4v) is 1.16. The summed E-state index contributed by atoms with van der Waals surface area (Å²) in [6, 6.07) is 1.95. The van der Waals surface area contributed by atoms with Gasteiger partial charge < -0.3 is 9.84 Å². The molecule has 1 aromatic rings. The van der Waals surface area contributed by atoms with E-state index < -0.39 is 39.8 Å². The van der Waals surface area contributed by atoms with E-state index in [-0.39, 0.29) is 6.29 Å². The lowest BCUT2D eigenvalue weighted by atomic mass is 10.2. The van der Waals surface area contributed by atoms with Crippen LogP contribution in [0.2, 0.25) is 0 Å². The molecule has 96 valence electrons. The molecule has 0 heterocycles. The van der Waals surface area contributed by atoms with Gasteiger partial charge in [0.15, 0.2) is 12.4 Å². The molecular formula is C10H8FNO6. The van der Waals surface area contributed by atoms with Gasteiger partial charge in [-0.2, -0.15) is 4.39 Å². The number of aldehydes is 1. The number of nitro groups is 1. The second kappa shape index (κ2) is 5.21. The number of halogens is 1. The molecule has 1 rings (SSSR count). The summed E-state index contributed by atoms with van der Waals surface area (Å²) in [5, 5.41) is 19.3. The third-order valence-corrected chi connectivity index (χ3v) is 2.07. The fourth-order valence-electron chi connectivity index (χ4n) is 1.16. The Kier molecular flexibility index (Phi) is 3.93. The van der Waals surface area contributed by atoms with Crippen molar-refractivity contribution in [3.05, 3.63) is 33.6 Å². The maximum absolute atomic E-state index is 13.5. The van der Waals surface area contributed by atoms with Crippen molar-refractivity contribution in [2.75, 3.05) is 0 Å². The molecule has 1 aromatic carbocycles. The molecule has 18 heavy (non-hydrogen) atoms. The zero-order valence-electron chi connectivity index (χ0n) is 9.12. The first kappa shape index (κ1) is 13.6. The Morgan fingerprint density at radius 2 is 2.22 bits per heavy atom. The highest BCUT2D eigenvalue weighted by Gasteiger charge is 2.27. The van der Waals surface area contributed by atoms with E-state index in [1.165, 1.54) is 0 Å². The molecule has 1 N–H and O–H groups in total. The van der Waals surface area contributed by atoms with E-state index in [0.29, 0.717) is 0 Å². The summed E-state index contributed by atoms with van der Waals surface area (Å²) in [6.07, 6.45) is -1.27. The summed E-state index contributed by atoms with van der Waals surface area (Å²) < 4.78 is 18.3. The topological polar surface area (TPSA) is 107 Å². The monoisotopic (exact) mass is 257 g/mol. The Labute approximate surface area is 99.9 Å². The Morgan fingerprint density at radius 3 is 2.67 bits per heavy atom. The number of carbonyl (C=O) groups is 2. The van der Waals surface area contributed by atoms with Gasteiger partial charge in [0, 0.05) is 0 Å². The molecule has 7 nitrogen and oxygen atoms in total. The molecule has 0 saturated heterocycles. The molecule has 0 radical (unpaired) electrons. The molecule has 0 amide bonds. The Bertz CT molecular complexity index is 515. The summed E-state index contributed by atoms with van der Waals surface area (Å²) in [5.74, 6) is -3.26. The molecule has 0 spiro atoms. The average molecular weight is 257 g/mol. The van der Waals surface area contributed by atoms with Gasteiger partial charge in [0.1, 0.15) is 0 Å². The number of nitrogens with zero attached hydrogens (tertiary/aromatic N) is 1. The normalized spacial score (nSPS) is 11.7. The quantitative estimate of drug-likeness (QED) is 0.485. The zero-order valence-corrected chi connectivity index (χ0v) is 9.12. The summed E-state index contributed by atoms with van der Waals surface area (Å²) in [7, 11) is 0. The zero-order chi connectivity index (χ0) is 13.9. The van der Waals surface area contributed by atoms with Crippen molar-refractivity contribution in [3.63, 3.8) is 0 Å². The van der Waals surface area contributed by atoms with Gasteiger partial charge in [-0.3, -0.25) is 14.9 Å². The van der Waals surface area contributed by atoms with Crippen LogP contribution in [-0.4, -0.2) is 28.4 Å². The van der Waals surface area contributed by atoms with E-state index in [4.69, 9.17) is 9.84 Å². The van der Waals surface area contributed by atoms with Gasteiger partial charge >= 0.3 is 11.7 Å². The number of hydrogen-bond donors (Lipinski definition) is 1. The smallest absolute Gasteiger partial charge is 0.346 e. The molecule has 1 unspecified atom stereocenters. The largest absolute Gasteiger partial charge is 0.479 e. The van der Waals surface area contributed by atoms with Gasteiger partial charge in [0.05, 0.1) is 10.5 Å². The van der Waals surface area contributed by atoms with Crippen LogP contribution in [0.5, 0.6) is 5.75 Å². The second-order valence-electron chi connectivity index (χ2n) is 3.29. The maximum atomic E-state index is 13.5. The summed E-state index contributed by atoms with van der Waals surface area (Å²) >= 11 is 0. The molecular weight excluding hydrogens is 249 g/mol. The van der Waals surface area contributed by atoms with Crippen molar-refractivity contribution in [1.29, 1.82) is 0 Å². The highest BCUT2D eigenvalue weighted by atomic mass is 19.1. The Morgan fingerprint density at radius 1 is 1.61 bits per heavy atom. The third kappa shape index (κ3) is 2.59. The summed E-state index contributed by atoms with van der Waals surface area (Å²) in [6.45, 7) is 1.14. The minimum atomic E-state index is -1.38. The second-order valence-corrected chi connectivity index (χ2v) is 3.29. The van der Waals surface area contributed by atoms with Gasteiger partial charge in [-0.15, -0.1) is 0 Å². The van der Waals surface area contributed by atoms with E-state index in [9.17, 15) is 24.1 Å². The number of carboxylic acid groups (broad SMARTS) is 1. The SMILES string of the molecule is CC(Oc1ccc(C=O)c(F)c1[N+](=O)[O-])C(=O)O. The predicted molar refractivity (Wildman–Crippen MR) is 56.2 cm³/mol. The van der Waals surface area contributed by atoms with Crippen LogP contribution in [0, 0.1) is 15.9 Å². The molecule has 0 aliphatic carbocycles. The number of aliphatic carboxylic acids is 1. The molecule has 0 aliphatic rings. The lowest BCUT2D eigenvalue weighted by molar-refractivity contribution is -0.388. The number of nitro benzene ring substituents is 1. The maximum Gasteiger partial charge on any atom is 0.346 e. The minimum absolute atomic E-state index is 0.118. The molecule has 0 fully saturated rings. The van der Waals surface area contributed by atoms with E-state index in [1.807, 2.05) is 0 Å². The number of benzene rings is 1. The Balaban J connectivity index is 3.28. The van der Waals surface area contributed by atoms with Gasteiger partial charge in [-0.25, -0.2) is 4.79 Å². The molecule has 0 saturated carbocycles. The fraction of sp³-hybridized carbons (Fsp3) is 0.200. The van der Waals surface area contributed by atoms with Crippen molar-refractivity contribution in [2.45, 2.75) is 13.0 Å². The van der Waals surface area contributed by atoms with Gasteiger partial charge in [0.25, 0.3) is 0 Å². The molecule has 0 bridgehead atoms. The highest BCUT2D eigenvalue weighted by Crippen LogP contribution is 2.32. The van der Waals surface area contributed by atoms with Crippen molar-refractivity contribution in [2.24, 2.45) is 0 Å².